The Morgan fingerprint density at radius 1 is 1.11 bits per heavy atom. The van der Waals surface area contributed by atoms with Gasteiger partial charge >= 0.3 is 0 Å². The first-order valence-corrected chi connectivity index (χ1v) is 7.06. The Labute approximate surface area is 112 Å². The van der Waals surface area contributed by atoms with Crippen LogP contribution in [0.25, 0.3) is 0 Å². The second-order valence-corrected chi connectivity index (χ2v) is 5.50. The molecule has 0 atom stereocenters. The highest BCUT2D eigenvalue weighted by atomic mass is 16.1. The van der Waals surface area contributed by atoms with E-state index in [9.17, 15) is 9.59 Å². The van der Waals surface area contributed by atoms with Crippen molar-refractivity contribution in [2.75, 3.05) is 0 Å². The van der Waals surface area contributed by atoms with Crippen LogP contribution in [0.5, 0.6) is 0 Å². The van der Waals surface area contributed by atoms with E-state index in [0.717, 1.165) is 12.8 Å². The van der Waals surface area contributed by atoms with E-state index in [-0.39, 0.29) is 5.78 Å². The van der Waals surface area contributed by atoms with E-state index in [1.165, 1.54) is 32.1 Å². The van der Waals surface area contributed by atoms with E-state index in [0.29, 0.717) is 5.57 Å². The number of carbonyl (C=O) groups is 1. The number of unbranched alkanes of at least 4 members (excludes halogenated alkanes) is 6. The van der Waals surface area contributed by atoms with E-state index in [4.69, 9.17) is 0 Å². The smallest absolute Gasteiger partial charge is 0.212 e. The summed E-state index contributed by atoms with van der Waals surface area (Å²) in [4.78, 5) is 22.5. The van der Waals surface area contributed by atoms with Crippen LogP contribution in [0.15, 0.2) is 11.6 Å². The quantitative estimate of drug-likeness (QED) is 0.328. The highest BCUT2D eigenvalue weighted by Gasteiger charge is 2.28. The highest BCUT2D eigenvalue weighted by molar-refractivity contribution is 6.07. The zero-order valence-electron chi connectivity index (χ0n) is 12.3. The van der Waals surface area contributed by atoms with Gasteiger partial charge in [0.15, 0.2) is 5.78 Å². The van der Waals surface area contributed by atoms with Crippen LogP contribution in [0.3, 0.4) is 0 Å². The lowest BCUT2D eigenvalue weighted by atomic mass is 9.86. The van der Waals surface area contributed by atoms with Crippen molar-refractivity contribution in [3.8, 4) is 0 Å². The summed E-state index contributed by atoms with van der Waals surface area (Å²) in [5, 5.41) is 0. The fraction of sp³-hybridized carbons (Fsp3) is 0.750. The highest BCUT2D eigenvalue weighted by Crippen LogP contribution is 2.19. The van der Waals surface area contributed by atoms with Crippen LogP contribution in [-0.2, 0) is 9.59 Å². The van der Waals surface area contributed by atoms with Crippen molar-refractivity contribution < 1.29 is 9.59 Å². The molecule has 0 saturated carbocycles. The molecule has 0 unspecified atom stereocenters. The minimum Gasteiger partial charge on any atom is -0.293 e. The Kier molecular flexibility index (Phi) is 8.61. The predicted octanol–water partition coefficient (Wildman–Crippen LogP) is 4.39. The van der Waals surface area contributed by atoms with Gasteiger partial charge in [0.1, 0.15) is 0 Å². The molecule has 0 fully saturated rings. The average molecular weight is 251 g/mol. The Hall–Kier alpha value is -0.920. The Bertz CT molecular complexity index is 287. The summed E-state index contributed by atoms with van der Waals surface area (Å²) >= 11 is 0. The molecule has 0 aromatic heterocycles. The summed E-state index contributed by atoms with van der Waals surface area (Å²) in [7, 11) is 0. The van der Waals surface area contributed by atoms with E-state index < -0.39 is 5.41 Å². The van der Waals surface area contributed by atoms with Gasteiger partial charge in [0.2, 0.25) is 6.29 Å². The number of hydrogen-bond acceptors (Lipinski definition) is 2. The molecule has 18 heavy (non-hydrogen) atoms. The van der Waals surface area contributed by atoms with Crippen molar-refractivity contribution in [2.45, 2.75) is 72.6 Å². The van der Waals surface area contributed by atoms with Gasteiger partial charge in [-0.05, 0) is 39.2 Å². The maximum atomic E-state index is 11.9. The normalized spacial score (nSPS) is 12.6. The Morgan fingerprint density at radius 2 is 1.67 bits per heavy atom. The predicted molar refractivity (Wildman–Crippen MR) is 76.2 cm³/mol. The van der Waals surface area contributed by atoms with Crippen LogP contribution in [0.2, 0.25) is 0 Å². The average Bonchev–Trinajstić information content (AvgIpc) is 2.36. The molecule has 0 aromatic carbocycles. The summed E-state index contributed by atoms with van der Waals surface area (Å²) in [6.07, 6.45) is 12.2. The van der Waals surface area contributed by atoms with Crippen LogP contribution in [0.4, 0.5) is 0 Å². The summed E-state index contributed by atoms with van der Waals surface area (Å²) in [6, 6.07) is 0. The molecule has 0 aliphatic heterocycles. The molecule has 0 aliphatic rings. The molecule has 0 spiro atoms. The van der Waals surface area contributed by atoms with Crippen LogP contribution in [0.1, 0.15) is 72.6 Å². The zero-order chi connectivity index (χ0) is 14.0. The molecule has 0 aromatic rings. The van der Waals surface area contributed by atoms with E-state index in [2.05, 4.69) is 6.92 Å². The molecule has 1 radical (unpaired) electrons. The van der Waals surface area contributed by atoms with E-state index in [1.807, 2.05) is 6.08 Å². The molecule has 0 amide bonds. The van der Waals surface area contributed by atoms with Crippen LogP contribution < -0.4 is 0 Å². The molecule has 0 saturated heterocycles. The fourth-order valence-corrected chi connectivity index (χ4v) is 1.88. The minimum atomic E-state index is -0.998. The lowest BCUT2D eigenvalue weighted by Crippen LogP contribution is -2.26. The second kappa shape index (κ2) is 9.07. The van der Waals surface area contributed by atoms with E-state index >= 15 is 0 Å². The maximum Gasteiger partial charge on any atom is 0.212 e. The molecule has 0 N–H and O–H groups in total. The zero-order valence-corrected chi connectivity index (χ0v) is 12.3. The first kappa shape index (κ1) is 17.1. The minimum absolute atomic E-state index is 0.108. The molecule has 2 nitrogen and oxygen atoms in total. The van der Waals surface area contributed by atoms with Gasteiger partial charge in [0, 0.05) is 0 Å². The van der Waals surface area contributed by atoms with Gasteiger partial charge in [-0.15, -0.1) is 0 Å². The maximum absolute atomic E-state index is 11.9. The molecular weight excluding hydrogens is 224 g/mol. The number of hydrogen-bond donors (Lipinski definition) is 0. The third-order valence-electron chi connectivity index (χ3n) is 3.19. The Balaban J connectivity index is 3.91. The number of carbonyl (C=O) groups excluding carboxylic acids is 2. The largest absolute Gasteiger partial charge is 0.293 e. The third kappa shape index (κ3) is 6.73. The molecule has 0 bridgehead atoms. The van der Waals surface area contributed by atoms with Crippen molar-refractivity contribution in [1.29, 1.82) is 0 Å². The number of ketones is 1. The first-order valence-electron chi connectivity index (χ1n) is 7.06. The number of allylic oxidation sites excluding steroid dienone is 2. The van der Waals surface area contributed by atoms with Crippen molar-refractivity contribution in [2.24, 2.45) is 5.41 Å². The van der Waals surface area contributed by atoms with Gasteiger partial charge in [-0.2, -0.15) is 0 Å². The standard InChI is InChI=1S/C16H27O2/c1-5-6-7-8-9-10-11-12-14(2)15(18)16(3,4)13-17/h12H,5-11H2,1-4H3. The van der Waals surface area contributed by atoms with Crippen molar-refractivity contribution >= 4 is 12.1 Å². The first-order chi connectivity index (χ1) is 8.45. The lowest BCUT2D eigenvalue weighted by molar-refractivity contribution is -0.120. The van der Waals surface area contributed by atoms with Gasteiger partial charge < -0.3 is 0 Å². The number of Topliss-reactive ketones (excluding diaryl/α,β-unsaturated/α-hetero) is 1. The second-order valence-electron chi connectivity index (χ2n) is 5.50. The topological polar surface area (TPSA) is 34.1 Å². The number of rotatable bonds is 10. The molecule has 0 heterocycles. The van der Waals surface area contributed by atoms with Gasteiger partial charge in [0.05, 0.1) is 5.41 Å². The molecule has 2 heteroatoms. The lowest BCUT2D eigenvalue weighted by Gasteiger charge is -2.14. The van der Waals surface area contributed by atoms with Crippen molar-refractivity contribution in [3.05, 3.63) is 11.6 Å². The summed E-state index contributed by atoms with van der Waals surface area (Å²) in [5.74, 6) is -0.108. The van der Waals surface area contributed by atoms with Gasteiger partial charge in [-0.3, -0.25) is 9.59 Å². The summed E-state index contributed by atoms with van der Waals surface area (Å²) in [6.45, 7) is 7.23. The van der Waals surface area contributed by atoms with Crippen molar-refractivity contribution in [1.82, 2.24) is 0 Å². The van der Waals surface area contributed by atoms with Crippen LogP contribution >= 0.6 is 0 Å². The third-order valence-corrected chi connectivity index (χ3v) is 3.19. The van der Waals surface area contributed by atoms with Crippen LogP contribution in [-0.4, -0.2) is 12.1 Å². The molecule has 0 aliphatic carbocycles. The molecular formula is C16H27O2. The van der Waals surface area contributed by atoms with Gasteiger partial charge in [-0.1, -0.05) is 45.1 Å². The molecule has 0 rings (SSSR count). The SMILES string of the molecule is CCCCCCCCC=C(C)C(=O)C(C)(C)[C]=O. The summed E-state index contributed by atoms with van der Waals surface area (Å²) in [5.41, 5.74) is -0.307. The molecule has 103 valence electrons. The monoisotopic (exact) mass is 251 g/mol. The van der Waals surface area contributed by atoms with Gasteiger partial charge in [0.25, 0.3) is 0 Å². The fourth-order valence-electron chi connectivity index (χ4n) is 1.88. The summed E-state index contributed by atoms with van der Waals surface area (Å²) < 4.78 is 0. The Morgan fingerprint density at radius 3 is 2.22 bits per heavy atom. The van der Waals surface area contributed by atoms with Crippen molar-refractivity contribution in [3.63, 3.8) is 0 Å². The van der Waals surface area contributed by atoms with Gasteiger partial charge in [-0.25, -0.2) is 0 Å². The van der Waals surface area contributed by atoms with E-state index in [1.54, 1.807) is 27.1 Å². The van der Waals surface area contributed by atoms with Crippen LogP contribution in [0, 0.1) is 5.41 Å².